The van der Waals surface area contributed by atoms with Crippen LogP contribution in [-0.2, 0) is 11.3 Å². The van der Waals surface area contributed by atoms with Crippen LogP contribution in [0.25, 0.3) is 0 Å². The third-order valence-corrected chi connectivity index (χ3v) is 3.27. The van der Waals surface area contributed by atoms with Crippen molar-refractivity contribution in [1.29, 1.82) is 0 Å². The molecule has 6 heteroatoms. The van der Waals surface area contributed by atoms with Crippen molar-refractivity contribution in [3.05, 3.63) is 9.90 Å². The molecule has 1 aromatic rings. The molecule has 0 bridgehead atoms. The predicted octanol–water partition coefficient (Wildman–Crippen LogP) is 2.63. The average molecular weight is 349 g/mol. The lowest BCUT2D eigenvalue weighted by atomic mass is 10.2. The molecule has 0 N–H and O–H groups in total. The van der Waals surface area contributed by atoms with Gasteiger partial charge in [-0.2, -0.15) is 0 Å². The van der Waals surface area contributed by atoms with Gasteiger partial charge in [0.25, 0.3) is 0 Å². The Bertz CT molecular complexity index is 436. The van der Waals surface area contributed by atoms with E-state index >= 15 is 0 Å². The number of anilines is 1. The monoisotopic (exact) mass is 349 g/mol. The lowest BCUT2D eigenvalue weighted by Gasteiger charge is -2.30. The Balaban J connectivity index is 2.21. The van der Waals surface area contributed by atoms with Gasteiger partial charge in [0.05, 0.1) is 6.20 Å². The molecule has 17 heavy (non-hydrogen) atoms. The second-order valence-electron chi connectivity index (χ2n) is 5.02. The number of rotatable bonds is 0. The van der Waals surface area contributed by atoms with Crippen molar-refractivity contribution in [2.24, 2.45) is 0 Å². The van der Waals surface area contributed by atoms with E-state index in [-0.39, 0.29) is 6.09 Å². The van der Waals surface area contributed by atoms with Crippen LogP contribution in [0.3, 0.4) is 0 Å². The second kappa shape index (κ2) is 4.47. The average Bonchev–Trinajstić information content (AvgIpc) is 2.58. The summed E-state index contributed by atoms with van der Waals surface area (Å²) in [6, 6.07) is 0. The standard InChI is InChI=1S/C11H16IN3O2/c1-11(2,3)17-10(16)15-6-4-5-14-8(12)7-13-9(14)15/h7H,4-6H2,1-3H3. The number of carbonyl (C=O) groups excluding carboxylic acids is 1. The number of halogens is 1. The van der Waals surface area contributed by atoms with Crippen molar-refractivity contribution in [3.8, 4) is 0 Å². The number of carbonyl (C=O) groups is 1. The van der Waals surface area contributed by atoms with Crippen LogP contribution in [0.4, 0.5) is 10.7 Å². The molecule has 0 aromatic carbocycles. The molecular weight excluding hydrogens is 333 g/mol. The second-order valence-corrected chi connectivity index (χ2v) is 6.12. The van der Waals surface area contributed by atoms with Crippen LogP contribution in [0, 0.1) is 3.70 Å². The topological polar surface area (TPSA) is 47.4 Å². The third-order valence-electron chi connectivity index (χ3n) is 2.40. The van der Waals surface area contributed by atoms with Crippen molar-refractivity contribution in [1.82, 2.24) is 9.55 Å². The molecule has 2 heterocycles. The van der Waals surface area contributed by atoms with Gasteiger partial charge in [0.15, 0.2) is 0 Å². The number of fused-ring (bicyclic) bond motifs is 1. The van der Waals surface area contributed by atoms with Gasteiger partial charge >= 0.3 is 6.09 Å². The maximum atomic E-state index is 12.0. The first-order chi connectivity index (χ1) is 7.88. The minimum absolute atomic E-state index is 0.319. The Morgan fingerprint density at radius 2 is 2.18 bits per heavy atom. The van der Waals surface area contributed by atoms with Gasteiger partial charge in [-0.1, -0.05) is 0 Å². The number of aromatic nitrogens is 2. The Labute approximate surface area is 114 Å². The zero-order valence-electron chi connectivity index (χ0n) is 10.2. The van der Waals surface area contributed by atoms with Gasteiger partial charge in [0, 0.05) is 13.1 Å². The van der Waals surface area contributed by atoms with E-state index in [1.54, 1.807) is 11.1 Å². The maximum Gasteiger partial charge on any atom is 0.417 e. The molecule has 0 saturated heterocycles. The molecule has 0 fully saturated rings. The van der Waals surface area contributed by atoms with Crippen molar-refractivity contribution >= 4 is 34.6 Å². The summed E-state index contributed by atoms with van der Waals surface area (Å²) in [6.45, 7) is 7.18. The van der Waals surface area contributed by atoms with Gasteiger partial charge in [-0.05, 0) is 49.8 Å². The number of imidazole rings is 1. The van der Waals surface area contributed by atoms with Crippen LogP contribution in [-0.4, -0.2) is 27.8 Å². The molecular formula is C11H16IN3O2. The minimum atomic E-state index is -0.473. The molecule has 94 valence electrons. The van der Waals surface area contributed by atoms with E-state index in [1.165, 1.54) is 0 Å². The fourth-order valence-electron chi connectivity index (χ4n) is 1.75. The first kappa shape index (κ1) is 12.7. The molecule has 1 aromatic heterocycles. The highest BCUT2D eigenvalue weighted by Gasteiger charge is 2.29. The molecule has 1 aliphatic heterocycles. The van der Waals surface area contributed by atoms with E-state index in [0.29, 0.717) is 12.5 Å². The van der Waals surface area contributed by atoms with Gasteiger partial charge in [0.1, 0.15) is 9.30 Å². The Kier molecular flexibility index (Phi) is 3.33. The van der Waals surface area contributed by atoms with Gasteiger partial charge in [-0.25, -0.2) is 14.7 Å². The predicted molar refractivity (Wildman–Crippen MR) is 73.1 cm³/mol. The van der Waals surface area contributed by atoms with Gasteiger partial charge in [-0.3, -0.25) is 0 Å². The van der Waals surface area contributed by atoms with E-state index in [9.17, 15) is 4.79 Å². The third kappa shape index (κ3) is 2.72. The molecule has 1 aliphatic rings. The molecule has 0 radical (unpaired) electrons. The van der Waals surface area contributed by atoms with Crippen LogP contribution < -0.4 is 4.90 Å². The summed E-state index contributed by atoms with van der Waals surface area (Å²) in [5.74, 6) is 0.690. The molecule has 0 unspecified atom stereocenters. The van der Waals surface area contributed by atoms with E-state index in [1.807, 2.05) is 25.3 Å². The summed E-state index contributed by atoms with van der Waals surface area (Å²) in [6.07, 6.45) is 2.39. The lowest BCUT2D eigenvalue weighted by Crippen LogP contribution is -2.41. The molecule has 1 amide bonds. The fourth-order valence-corrected chi connectivity index (χ4v) is 2.34. The zero-order chi connectivity index (χ0) is 12.6. The molecule has 0 aliphatic carbocycles. The summed E-state index contributed by atoms with van der Waals surface area (Å²) < 4.78 is 8.46. The number of nitrogens with zero attached hydrogens (tertiary/aromatic N) is 3. The first-order valence-electron chi connectivity index (χ1n) is 5.60. The fraction of sp³-hybridized carbons (Fsp3) is 0.636. The molecule has 5 nitrogen and oxygen atoms in total. The van der Waals surface area contributed by atoms with Gasteiger partial charge in [0.2, 0.25) is 5.95 Å². The highest BCUT2D eigenvalue weighted by Crippen LogP contribution is 2.24. The summed E-state index contributed by atoms with van der Waals surface area (Å²) >= 11 is 2.22. The largest absolute Gasteiger partial charge is 0.443 e. The lowest BCUT2D eigenvalue weighted by molar-refractivity contribution is 0.0572. The van der Waals surface area contributed by atoms with E-state index in [0.717, 1.165) is 16.7 Å². The Morgan fingerprint density at radius 1 is 1.47 bits per heavy atom. The Hall–Kier alpha value is -0.790. The van der Waals surface area contributed by atoms with Crippen LogP contribution in [0.2, 0.25) is 0 Å². The summed E-state index contributed by atoms with van der Waals surface area (Å²) in [5.41, 5.74) is -0.473. The van der Waals surface area contributed by atoms with Crippen molar-refractivity contribution in [3.63, 3.8) is 0 Å². The molecule has 0 atom stereocenters. The maximum absolute atomic E-state index is 12.0. The highest BCUT2D eigenvalue weighted by molar-refractivity contribution is 14.1. The number of hydrogen-bond donors (Lipinski definition) is 0. The highest BCUT2D eigenvalue weighted by atomic mass is 127. The van der Waals surface area contributed by atoms with Gasteiger partial charge in [-0.15, -0.1) is 0 Å². The number of amides is 1. The van der Waals surface area contributed by atoms with Crippen molar-refractivity contribution < 1.29 is 9.53 Å². The molecule has 0 saturated carbocycles. The quantitative estimate of drug-likeness (QED) is 0.677. The number of ether oxygens (including phenoxy) is 1. The van der Waals surface area contributed by atoms with Crippen LogP contribution in [0.5, 0.6) is 0 Å². The SMILES string of the molecule is CC(C)(C)OC(=O)N1CCCn2c(I)cnc21. The van der Waals surface area contributed by atoms with E-state index in [4.69, 9.17) is 4.74 Å². The smallest absolute Gasteiger partial charge is 0.417 e. The van der Waals surface area contributed by atoms with Crippen LogP contribution >= 0.6 is 22.6 Å². The zero-order valence-corrected chi connectivity index (χ0v) is 12.4. The summed E-state index contributed by atoms with van der Waals surface area (Å²) in [7, 11) is 0. The van der Waals surface area contributed by atoms with Crippen LogP contribution in [0.15, 0.2) is 6.20 Å². The van der Waals surface area contributed by atoms with Gasteiger partial charge < -0.3 is 9.30 Å². The molecule has 0 spiro atoms. The minimum Gasteiger partial charge on any atom is -0.443 e. The number of hydrogen-bond acceptors (Lipinski definition) is 3. The summed E-state index contributed by atoms with van der Waals surface area (Å²) in [4.78, 5) is 17.9. The summed E-state index contributed by atoms with van der Waals surface area (Å²) in [5, 5.41) is 0. The van der Waals surface area contributed by atoms with Crippen molar-refractivity contribution in [2.45, 2.75) is 39.3 Å². The molecule has 2 rings (SSSR count). The van der Waals surface area contributed by atoms with Crippen LogP contribution in [0.1, 0.15) is 27.2 Å². The van der Waals surface area contributed by atoms with Crippen molar-refractivity contribution in [2.75, 3.05) is 11.4 Å². The first-order valence-corrected chi connectivity index (χ1v) is 6.68. The normalized spacial score (nSPS) is 15.6. The Morgan fingerprint density at radius 3 is 2.82 bits per heavy atom. The van der Waals surface area contributed by atoms with E-state index < -0.39 is 5.60 Å². The van der Waals surface area contributed by atoms with E-state index in [2.05, 4.69) is 27.6 Å².